The SMILES string of the molecule is O=C(CCC(=O)N1CC[C@H](O)C1)N1CCc2sccc2C1. The molecule has 5 nitrogen and oxygen atoms in total. The average Bonchev–Trinajstić information content (AvgIpc) is 3.12. The smallest absolute Gasteiger partial charge is 0.223 e. The van der Waals surface area contributed by atoms with Gasteiger partial charge in [-0.3, -0.25) is 9.59 Å². The summed E-state index contributed by atoms with van der Waals surface area (Å²) in [6.45, 7) is 2.45. The molecule has 1 fully saturated rings. The number of likely N-dealkylation sites (tertiary alicyclic amines) is 1. The predicted octanol–water partition coefficient (Wildman–Crippen LogP) is 1.01. The Morgan fingerprint density at radius 1 is 1.24 bits per heavy atom. The fourth-order valence-electron chi connectivity index (χ4n) is 2.96. The Hall–Kier alpha value is -1.40. The summed E-state index contributed by atoms with van der Waals surface area (Å²) in [4.78, 5) is 29.1. The second-order valence-corrected chi connectivity index (χ2v) is 6.72. The highest BCUT2D eigenvalue weighted by Gasteiger charge is 2.26. The summed E-state index contributed by atoms with van der Waals surface area (Å²) in [7, 11) is 0. The van der Waals surface area contributed by atoms with E-state index >= 15 is 0 Å². The van der Waals surface area contributed by atoms with Crippen LogP contribution >= 0.6 is 11.3 Å². The number of carbonyl (C=O) groups is 2. The van der Waals surface area contributed by atoms with Gasteiger partial charge in [0.25, 0.3) is 0 Å². The number of carbonyl (C=O) groups excluding carboxylic acids is 2. The van der Waals surface area contributed by atoms with E-state index in [0.717, 1.165) is 13.0 Å². The first kappa shape index (κ1) is 14.5. The van der Waals surface area contributed by atoms with Crippen molar-refractivity contribution in [3.8, 4) is 0 Å². The first-order chi connectivity index (χ1) is 10.1. The van der Waals surface area contributed by atoms with Crippen LogP contribution in [0.25, 0.3) is 0 Å². The van der Waals surface area contributed by atoms with Crippen LogP contribution in [0, 0.1) is 0 Å². The zero-order valence-corrected chi connectivity index (χ0v) is 12.8. The van der Waals surface area contributed by atoms with Gasteiger partial charge in [0.2, 0.25) is 11.8 Å². The normalized spacial score (nSPS) is 21.5. The van der Waals surface area contributed by atoms with E-state index < -0.39 is 6.10 Å². The van der Waals surface area contributed by atoms with Crippen molar-refractivity contribution in [3.05, 3.63) is 21.9 Å². The number of aliphatic hydroxyl groups is 1. The topological polar surface area (TPSA) is 60.9 Å². The molecule has 1 N–H and O–H groups in total. The maximum atomic E-state index is 12.2. The van der Waals surface area contributed by atoms with Gasteiger partial charge >= 0.3 is 0 Å². The van der Waals surface area contributed by atoms with E-state index in [1.54, 1.807) is 16.2 Å². The van der Waals surface area contributed by atoms with Crippen LogP contribution in [0.2, 0.25) is 0 Å². The Kier molecular flexibility index (Phi) is 4.26. The lowest BCUT2D eigenvalue weighted by atomic mass is 10.1. The van der Waals surface area contributed by atoms with Crippen molar-refractivity contribution in [2.45, 2.75) is 38.3 Å². The Morgan fingerprint density at radius 2 is 2.00 bits per heavy atom. The van der Waals surface area contributed by atoms with Crippen molar-refractivity contribution < 1.29 is 14.7 Å². The third-order valence-electron chi connectivity index (χ3n) is 4.23. The maximum Gasteiger partial charge on any atom is 0.223 e. The minimum absolute atomic E-state index is 0.0202. The molecule has 0 spiro atoms. The van der Waals surface area contributed by atoms with Crippen LogP contribution in [0.4, 0.5) is 0 Å². The van der Waals surface area contributed by atoms with Gasteiger partial charge in [-0.25, -0.2) is 0 Å². The van der Waals surface area contributed by atoms with Crippen LogP contribution in [0.3, 0.4) is 0 Å². The van der Waals surface area contributed by atoms with Crippen LogP contribution in [-0.4, -0.2) is 52.5 Å². The van der Waals surface area contributed by atoms with Crippen molar-refractivity contribution in [1.29, 1.82) is 0 Å². The number of aliphatic hydroxyl groups excluding tert-OH is 1. The van der Waals surface area contributed by atoms with Crippen LogP contribution < -0.4 is 0 Å². The molecule has 6 heteroatoms. The van der Waals surface area contributed by atoms with Crippen LogP contribution in [0.5, 0.6) is 0 Å². The van der Waals surface area contributed by atoms with Crippen molar-refractivity contribution in [2.24, 2.45) is 0 Å². The Balaban J connectivity index is 1.48. The van der Waals surface area contributed by atoms with E-state index in [4.69, 9.17) is 0 Å². The number of amides is 2. The summed E-state index contributed by atoms with van der Waals surface area (Å²) < 4.78 is 0. The zero-order chi connectivity index (χ0) is 14.8. The number of β-amino-alcohol motifs (C(OH)–C–C–N with tert-alkyl or cyclic N) is 1. The van der Waals surface area contributed by atoms with Crippen LogP contribution in [-0.2, 0) is 22.6 Å². The second kappa shape index (κ2) is 6.15. The molecule has 0 radical (unpaired) electrons. The highest BCUT2D eigenvalue weighted by atomic mass is 32.1. The minimum Gasteiger partial charge on any atom is -0.391 e. The van der Waals surface area contributed by atoms with Crippen LogP contribution in [0.1, 0.15) is 29.7 Å². The van der Waals surface area contributed by atoms with E-state index in [0.29, 0.717) is 26.1 Å². The average molecular weight is 308 g/mol. The predicted molar refractivity (Wildman–Crippen MR) is 79.9 cm³/mol. The molecule has 0 aliphatic carbocycles. The Morgan fingerprint density at radius 3 is 2.71 bits per heavy atom. The number of thiophene rings is 1. The monoisotopic (exact) mass is 308 g/mol. The van der Waals surface area contributed by atoms with Gasteiger partial charge in [0.05, 0.1) is 6.10 Å². The Labute approximate surface area is 128 Å². The lowest BCUT2D eigenvalue weighted by Gasteiger charge is -2.27. The van der Waals surface area contributed by atoms with Gasteiger partial charge in [-0.1, -0.05) is 0 Å². The molecule has 2 aliphatic heterocycles. The number of fused-ring (bicyclic) bond motifs is 1. The third-order valence-corrected chi connectivity index (χ3v) is 5.25. The van der Waals surface area contributed by atoms with Gasteiger partial charge in [0.1, 0.15) is 0 Å². The molecule has 2 amide bonds. The standard InChI is InChI=1S/C15H20N2O3S/c18-12-3-6-17(10-12)15(20)2-1-14(19)16-7-4-13-11(9-16)5-8-21-13/h5,8,12,18H,1-4,6-7,9-10H2/t12-/m0/s1. The third kappa shape index (κ3) is 3.27. The van der Waals surface area contributed by atoms with E-state index in [2.05, 4.69) is 11.4 Å². The molecule has 1 aromatic heterocycles. The van der Waals surface area contributed by atoms with Crippen molar-refractivity contribution in [3.63, 3.8) is 0 Å². The van der Waals surface area contributed by atoms with Gasteiger partial charge in [0.15, 0.2) is 0 Å². The molecule has 3 heterocycles. The number of hydrogen-bond donors (Lipinski definition) is 1. The van der Waals surface area contributed by atoms with Gasteiger partial charge in [-0.2, -0.15) is 0 Å². The quantitative estimate of drug-likeness (QED) is 0.906. The molecule has 2 aliphatic rings. The van der Waals surface area contributed by atoms with E-state index in [1.807, 2.05) is 4.90 Å². The summed E-state index contributed by atoms with van der Waals surface area (Å²) in [6, 6.07) is 2.08. The Bertz CT molecular complexity index is 543. The molecule has 1 atom stereocenters. The first-order valence-electron chi connectivity index (χ1n) is 7.42. The lowest BCUT2D eigenvalue weighted by molar-refractivity contribution is -0.137. The van der Waals surface area contributed by atoms with Gasteiger partial charge < -0.3 is 14.9 Å². The van der Waals surface area contributed by atoms with Gasteiger partial charge in [-0.05, 0) is 29.9 Å². The van der Waals surface area contributed by atoms with Crippen molar-refractivity contribution in [1.82, 2.24) is 9.80 Å². The molecular weight excluding hydrogens is 288 g/mol. The zero-order valence-electron chi connectivity index (χ0n) is 12.0. The lowest BCUT2D eigenvalue weighted by Crippen LogP contribution is -2.36. The summed E-state index contributed by atoms with van der Waals surface area (Å²) in [5.74, 6) is 0.0353. The van der Waals surface area contributed by atoms with Gasteiger partial charge in [0, 0.05) is 43.9 Å². The fraction of sp³-hybridized carbons (Fsp3) is 0.600. The maximum absolute atomic E-state index is 12.2. The van der Waals surface area contributed by atoms with E-state index in [9.17, 15) is 14.7 Å². The van der Waals surface area contributed by atoms with E-state index in [1.165, 1.54) is 10.4 Å². The van der Waals surface area contributed by atoms with Crippen molar-refractivity contribution in [2.75, 3.05) is 19.6 Å². The fourth-order valence-corrected chi connectivity index (χ4v) is 3.85. The molecule has 1 aromatic rings. The molecule has 0 unspecified atom stereocenters. The summed E-state index contributed by atoms with van der Waals surface area (Å²) in [5, 5.41) is 11.5. The van der Waals surface area contributed by atoms with Crippen LogP contribution in [0.15, 0.2) is 11.4 Å². The second-order valence-electron chi connectivity index (χ2n) is 5.72. The molecule has 3 rings (SSSR count). The summed E-state index contributed by atoms with van der Waals surface area (Å²) in [6.07, 6.45) is 1.69. The molecule has 0 saturated carbocycles. The minimum atomic E-state index is -0.399. The molecule has 21 heavy (non-hydrogen) atoms. The molecule has 0 bridgehead atoms. The largest absolute Gasteiger partial charge is 0.391 e. The van der Waals surface area contributed by atoms with Gasteiger partial charge in [-0.15, -0.1) is 11.3 Å². The summed E-state index contributed by atoms with van der Waals surface area (Å²) in [5.41, 5.74) is 1.24. The van der Waals surface area contributed by atoms with E-state index in [-0.39, 0.29) is 24.7 Å². The molecular formula is C15H20N2O3S. The number of hydrogen-bond acceptors (Lipinski definition) is 4. The highest BCUT2D eigenvalue weighted by molar-refractivity contribution is 7.10. The molecule has 0 aromatic carbocycles. The summed E-state index contributed by atoms with van der Waals surface area (Å²) >= 11 is 1.75. The molecule has 114 valence electrons. The molecule has 1 saturated heterocycles. The highest BCUT2D eigenvalue weighted by Crippen LogP contribution is 2.24. The number of nitrogens with zero attached hydrogens (tertiary/aromatic N) is 2. The van der Waals surface area contributed by atoms with Crippen molar-refractivity contribution >= 4 is 23.2 Å². The first-order valence-corrected chi connectivity index (χ1v) is 8.30. The number of rotatable bonds is 3.